The normalized spacial score (nSPS) is 15.0. The number of hydrogen-bond acceptors (Lipinski definition) is 4. The van der Waals surface area contributed by atoms with Crippen LogP contribution in [-0.2, 0) is 16.0 Å². The molecule has 0 spiro atoms. The maximum atomic E-state index is 13.2. The highest BCUT2D eigenvalue weighted by molar-refractivity contribution is 6.39. The molecule has 172 valence electrons. The van der Waals surface area contributed by atoms with Crippen molar-refractivity contribution in [2.75, 3.05) is 12.0 Å². The molecule has 1 N–H and O–H groups in total. The lowest BCUT2D eigenvalue weighted by Crippen LogP contribution is -2.54. The van der Waals surface area contributed by atoms with Gasteiger partial charge in [-0.25, -0.2) is 9.69 Å². The molecule has 8 heteroatoms. The first-order valence-corrected chi connectivity index (χ1v) is 11.1. The Bertz CT molecular complexity index is 1350. The van der Waals surface area contributed by atoms with Gasteiger partial charge in [-0.15, -0.1) is 0 Å². The predicted molar refractivity (Wildman–Crippen MR) is 132 cm³/mol. The van der Waals surface area contributed by atoms with E-state index in [1.807, 2.05) is 30.3 Å². The van der Waals surface area contributed by atoms with Crippen molar-refractivity contribution in [1.82, 2.24) is 5.32 Å². The molecular weight excluding hydrogens is 475 g/mol. The first kappa shape index (κ1) is 23.5. The van der Waals surface area contributed by atoms with E-state index in [4.69, 9.17) is 27.9 Å². The number of anilines is 1. The number of barbiturate groups is 1. The number of hydrogen-bond donors (Lipinski definition) is 1. The highest BCUT2D eigenvalue weighted by Gasteiger charge is 2.37. The summed E-state index contributed by atoms with van der Waals surface area (Å²) in [4.78, 5) is 39.1. The van der Waals surface area contributed by atoms with Gasteiger partial charge in [0.25, 0.3) is 11.8 Å². The number of benzene rings is 3. The lowest BCUT2D eigenvalue weighted by atomic mass is 10.0. The van der Waals surface area contributed by atoms with Crippen molar-refractivity contribution in [2.45, 2.75) is 13.3 Å². The first-order chi connectivity index (χ1) is 16.3. The van der Waals surface area contributed by atoms with Gasteiger partial charge in [0.2, 0.25) is 0 Å². The van der Waals surface area contributed by atoms with Gasteiger partial charge < -0.3 is 4.74 Å². The van der Waals surface area contributed by atoms with Crippen molar-refractivity contribution in [2.24, 2.45) is 0 Å². The molecule has 0 aliphatic carbocycles. The molecule has 0 aromatic heterocycles. The molecule has 1 aliphatic rings. The standard InChI is InChI=1S/C26H20Cl2N2O4/c1-15-7-10-19(27)14-22(15)30-25(32)20(24(31)29-26(30)33)11-16-8-9-18(23(12-16)34-2)13-17-5-3-4-6-21(17)28/h3-12,14H,13H2,1-2H3,(H,29,31,33)/b20-11+. The van der Waals surface area contributed by atoms with Gasteiger partial charge in [0, 0.05) is 16.5 Å². The Kier molecular flexibility index (Phi) is 6.72. The number of nitrogens with zero attached hydrogens (tertiary/aromatic N) is 1. The van der Waals surface area contributed by atoms with Gasteiger partial charge in [0.15, 0.2) is 0 Å². The van der Waals surface area contributed by atoms with Gasteiger partial charge in [0.1, 0.15) is 11.3 Å². The predicted octanol–water partition coefficient (Wildman–Crippen LogP) is 5.57. The first-order valence-electron chi connectivity index (χ1n) is 10.4. The number of imide groups is 2. The van der Waals surface area contributed by atoms with Gasteiger partial charge in [-0.2, -0.15) is 0 Å². The van der Waals surface area contributed by atoms with Crippen LogP contribution in [0.2, 0.25) is 10.0 Å². The van der Waals surface area contributed by atoms with Crippen molar-refractivity contribution < 1.29 is 19.1 Å². The summed E-state index contributed by atoms with van der Waals surface area (Å²) in [5.74, 6) is -0.931. The molecule has 0 radical (unpaired) electrons. The Morgan fingerprint density at radius 3 is 2.47 bits per heavy atom. The van der Waals surface area contributed by atoms with Crippen molar-refractivity contribution in [3.63, 3.8) is 0 Å². The molecule has 0 saturated carbocycles. The second-order valence-electron chi connectivity index (χ2n) is 7.73. The third-order valence-corrected chi connectivity index (χ3v) is 6.08. The molecule has 1 heterocycles. The summed E-state index contributed by atoms with van der Waals surface area (Å²) in [6.07, 6.45) is 1.98. The number of urea groups is 1. The average molecular weight is 495 g/mol. The van der Waals surface area contributed by atoms with E-state index in [0.717, 1.165) is 16.0 Å². The SMILES string of the molecule is COc1cc(/C=C2\C(=O)NC(=O)N(c3cc(Cl)ccc3C)C2=O)ccc1Cc1ccccc1Cl. The fraction of sp³-hybridized carbons (Fsp3) is 0.115. The van der Waals surface area contributed by atoms with E-state index in [2.05, 4.69) is 5.32 Å². The quantitative estimate of drug-likeness (QED) is 0.371. The summed E-state index contributed by atoms with van der Waals surface area (Å²) in [7, 11) is 1.54. The monoisotopic (exact) mass is 494 g/mol. The van der Waals surface area contributed by atoms with Crippen LogP contribution in [0.25, 0.3) is 6.08 Å². The van der Waals surface area contributed by atoms with E-state index in [1.54, 1.807) is 38.3 Å². The van der Waals surface area contributed by atoms with Crippen LogP contribution >= 0.6 is 23.2 Å². The topological polar surface area (TPSA) is 75.7 Å². The van der Waals surface area contributed by atoms with Crippen LogP contribution < -0.4 is 15.0 Å². The number of carbonyl (C=O) groups is 3. The zero-order valence-corrected chi connectivity index (χ0v) is 19.9. The lowest BCUT2D eigenvalue weighted by Gasteiger charge is -2.27. The molecule has 6 nitrogen and oxygen atoms in total. The maximum absolute atomic E-state index is 13.2. The number of halogens is 2. The Morgan fingerprint density at radius 2 is 1.74 bits per heavy atom. The third kappa shape index (κ3) is 4.69. The second kappa shape index (κ2) is 9.71. The summed E-state index contributed by atoms with van der Waals surface area (Å²) in [5, 5.41) is 3.24. The molecule has 0 unspecified atom stereocenters. The molecule has 0 atom stereocenters. The van der Waals surface area contributed by atoms with Gasteiger partial charge in [-0.1, -0.05) is 59.6 Å². The molecule has 4 amide bonds. The number of ether oxygens (including phenoxy) is 1. The zero-order chi connectivity index (χ0) is 24.4. The van der Waals surface area contributed by atoms with Crippen LogP contribution in [0, 0.1) is 6.92 Å². The van der Waals surface area contributed by atoms with E-state index in [0.29, 0.717) is 39.0 Å². The van der Waals surface area contributed by atoms with Gasteiger partial charge in [-0.05, 0) is 59.5 Å². The summed E-state index contributed by atoms with van der Waals surface area (Å²) in [6.45, 7) is 1.74. The van der Waals surface area contributed by atoms with E-state index in [9.17, 15) is 14.4 Å². The Balaban J connectivity index is 1.69. The summed E-state index contributed by atoms with van der Waals surface area (Å²) < 4.78 is 5.54. The van der Waals surface area contributed by atoms with Crippen molar-refractivity contribution in [3.8, 4) is 5.75 Å². The number of methoxy groups -OCH3 is 1. The second-order valence-corrected chi connectivity index (χ2v) is 8.57. The van der Waals surface area contributed by atoms with Crippen LogP contribution in [0.4, 0.5) is 10.5 Å². The Labute approximate surface area is 206 Å². The highest BCUT2D eigenvalue weighted by Crippen LogP contribution is 2.30. The van der Waals surface area contributed by atoms with Gasteiger partial charge in [0.05, 0.1) is 12.8 Å². The van der Waals surface area contributed by atoms with E-state index in [1.165, 1.54) is 12.1 Å². The lowest BCUT2D eigenvalue weighted by molar-refractivity contribution is -0.122. The molecule has 34 heavy (non-hydrogen) atoms. The fourth-order valence-corrected chi connectivity index (χ4v) is 4.08. The fourth-order valence-electron chi connectivity index (χ4n) is 3.71. The molecule has 4 rings (SSSR count). The third-order valence-electron chi connectivity index (χ3n) is 5.47. The minimum atomic E-state index is -0.829. The molecule has 1 aliphatic heterocycles. The van der Waals surface area contributed by atoms with Crippen LogP contribution in [0.15, 0.2) is 66.2 Å². The van der Waals surface area contributed by atoms with Crippen molar-refractivity contribution >= 4 is 52.8 Å². The van der Waals surface area contributed by atoms with Crippen molar-refractivity contribution in [1.29, 1.82) is 0 Å². The molecule has 3 aromatic rings. The van der Waals surface area contributed by atoms with Gasteiger partial charge >= 0.3 is 6.03 Å². The molecule has 3 aromatic carbocycles. The van der Waals surface area contributed by atoms with E-state index < -0.39 is 17.8 Å². The highest BCUT2D eigenvalue weighted by atomic mass is 35.5. The maximum Gasteiger partial charge on any atom is 0.335 e. The van der Waals surface area contributed by atoms with Crippen molar-refractivity contribution in [3.05, 3.63) is 98.5 Å². The molecule has 1 fully saturated rings. The van der Waals surface area contributed by atoms with Crippen LogP contribution in [0.3, 0.4) is 0 Å². The summed E-state index contributed by atoms with van der Waals surface area (Å²) >= 11 is 12.4. The largest absolute Gasteiger partial charge is 0.496 e. The Morgan fingerprint density at radius 1 is 0.971 bits per heavy atom. The minimum Gasteiger partial charge on any atom is -0.496 e. The zero-order valence-electron chi connectivity index (χ0n) is 18.4. The minimum absolute atomic E-state index is 0.181. The number of aryl methyl sites for hydroxylation is 1. The smallest absolute Gasteiger partial charge is 0.335 e. The van der Waals surface area contributed by atoms with Crippen LogP contribution in [-0.4, -0.2) is 25.0 Å². The average Bonchev–Trinajstić information content (AvgIpc) is 2.81. The van der Waals surface area contributed by atoms with E-state index >= 15 is 0 Å². The number of carbonyl (C=O) groups excluding carboxylic acids is 3. The summed E-state index contributed by atoms with van der Waals surface area (Å²) in [5.41, 5.74) is 3.19. The van der Waals surface area contributed by atoms with E-state index in [-0.39, 0.29) is 5.57 Å². The summed E-state index contributed by atoms with van der Waals surface area (Å²) in [6, 6.07) is 16.9. The molecule has 0 bridgehead atoms. The number of amides is 4. The van der Waals surface area contributed by atoms with Crippen LogP contribution in [0.5, 0.6) is 5.75 Å². The molecular formula is C26H20Cl2N2O4. The number of nitrogens with one attached hydrogen (secondary N) is 1. The van der Waals surface area contributed by atoms with Gasteiger partial charge in [-0.3, -0.25) is 14.9 Å². The Hall–Kier alpha value is -3.61. The van der Waals surface area contributed by atoms with Crippen LogP contribution in [0.1, 0.15) is 22.3 Å². The molecule has 1 saturated heterocycles. The number of rotatable bonds is 5.